The van der Waals surface area contributed by atoms with Crippen molar-refractivity contribution in [2.24, 2.45) is 0 Å². The van der Waals surface area contributed by atoms with Crippen molar-refractivity contribution in [3.05, 3.63) is 29.6 Å². The molecular weight excluding hydrogens is 219 g/mol. The summed E-state index contributed by atoms with van der Waals surface area (Å²) in [7, 11) is 0. The fraction of sp³-hybridized carbons (Fsp3) is 0.455. The average molecular weight is 233 g/mol. The summed E-state index contributed by atoms with van der Waals surface area (Å²) in [5.41, 5.74) is 0.711. The standard InChI is InChI=1S/C11H14ClFO2/c1-2-14-3-4-15-11-6-9(8-12)5-10(13)7-11/h5-7H,2-4,8H2,1H3. The highest BCUT2D eigenvalue weighted by atomic mass is 35.5. The van der Waals surface area contributed by atoms with Gasteiger partial charge in [-0.05, 0) is 24.6 Å². The Balaban J connectivity index is 2.49. The van der Waals surface area contributed by atoms with Crippen LogP contribution in [0.25, 0.3) is 0 Å². The summed E-state index contributed by atoms with van der Waals surface area (Å²) in [6, 6.07) is 4.45. The molecule has 0 bridgehead atoms. The van der Waals surface area contributed by atoms with E-state index in [1.54, 1.807) is 6.07 Å². The van der Waals surface area contributed by atoms with E-state index in [0.717, 1.165) is 0 Å². The van der Waals surface area contributed by atoms with Gasteiger partial charge >= 0.3 is 0 Å². The van der Waals surface area contributed by atoms with Crippen LogP contribution in [-0.4, -0.2) is 19.8 Å². The molecule has 0 atom stereocenters. The zero-order valence-electron chi connectivity index (χ0n) is 8.63. The molecule has 0 saturated carbocycles. The maximum atomic E-state index is 13.0. The van der Waals surface area contributed by atoms with Gasteiger partial charge in [-0.3, -0.25) is 0 Å². The van der Waals surface area contributed by atoms with Crippen molar-refractivity contribution in [2.45, 2.75) is 12.8 Å². The maximum absolute atomic E-state index is 13.0. The maximum Gasteiger partial charge on any atom is 0.127 e. The molecule has 0 unspecified atom stereocenters. The molecule has 15 heavy (non-hydrogen) atoms. The van der Waals surface area contributed by atoms with E-state index in [1.807, 2.05) is 6.92 Å². The summed E-state index contributed by atoms with van der Waals surface area (Å²) < 4.78 is 23.4. The van der Waals surface area contributed by atoms with E-state index in [-0.39, 0.29) is 11.7 Å². The summed E-state index contributed by atoms with van der Waals surface area (Å²) in [6.45, 7) is 3.48. The van der Waals surface area contributed by atoms with E-state index in [1.165, 1.54) is 12.1 Å². The summed E-state index contributed by atoms with van der Waals surface area (Å²) in [6.07, 6.45) is 0. The van der Waals surface area contributed by atoms with Gasteiger partial charge in [-0.2, -0.15) is 0 Å². The van der Waals surface area contributed by atoms with E-state index in [2.05, 4.69) is 0 Å². The van der Waals surface area contributed by atoms with Crippen molar-refractivity contribution in [3.63, 3.8) is 0 Å². The van der Waals surface area contributed by atoms with Gasteiger partial charge in [-0.25, -0.2) is 4.39 Å². The van der Waals surface area contributed by atoms with Crippen molar-refractivity contribution in [2.75, 3.05) is 19.8 Å². The number of halogens is 2. The monoisotopic (exact) mass is 232 g/mol. The number of hydrogen-bond donors (Lipinski definition) is 0. The molecule has 84 valence electrons. The number of alkyl halides is 1. The van der Waals surface area contributed by atoms with Crippen LogP contribution in [0, 0.1) is 5.82 Å². The molecule has 0 amide bonds. The first-order chi connectivity index (χ1) is 7.26. The van der Waals surface area contributed by atoms with Crippen LogP contribution in [0.15, 0.2) is 18.2 Å². The third-order valence-corrected chi connectivity index (χ3v) is 2.09. The van der Waals surface area contributed by atoms with Gasteiger partial charge < -0.3 is 9.47 Å². The Hall–Kier alpha value is -0.800. The molecule has 2 nitrogen and oxygen atoms in total. The molecule has 0 aliphatic carbocycles. The lowest BCUT2D eigenvalue weighted by molar-refractivity contribution is 0.110. The average Bonchev–Trinajstić information content (AvgIpc) is 2.23. The Morgan fingerprint density at radius 1 is 1.27 bits per heavy atom. The van der Waals surface area contributed by atoms with E-state index in [9.17, 15) is 4.39 Å². The molecule has 0 aromatic heterocycles. The molecule has 0 radical (unpaired) electrons. The summed E-state index contributed by atoms with van der Waals surface area (Å²) in [5.74, 6) is 0.435. The quantitative estimate of drug-likeness (QED) is 0.555. The molecule has 1 aromatic rings. The Labute approximate surface area is 94.0 Å². The first-order valence-corrected chi connectivity index (χ1v) is 5.35. The van der Waals surface area contributed by atoms with E-state index in [4.69, 9.17) is 21.1 Å². The van der Waals surface area contributed by atoms with Gasteiger partial charge in [0.15, 0.2) is 0 Å². The summed E-state index contributed by atoms with van der Waals surface area (Å²) in [5, 5.41) is 0. The minimum Gasteiger partial charge on any atom is -0.491 e. The highest BCUT2D eigenvalue weighted by Gasteiger charge is 2.00. The lowest BCUT2D eigenvalue weighted by atomic mass is 10.2. The van der Waals surface area contributed by atoms with Crippen molar-refractivity contribution < 1.29 is 13.9 Å². The first kappa shape index (κ1) is 12.3. The Kier molecular flexibility index (Phi) is 5.43. The van der Waals surface area contributed by atoms with Gasteiger partial charge in [0.2, 0.25) is 0 Å². The zero-order valence-corrected chi connectivity index (χ0v) is 9.39. The van der Waals surface area contributed by atoms with Gasteiger partial charge in [0.25, 0.3) is 0 Å². The van der Waals surface area contributed by atoms with Crippen LogP contribution in [0.2, 0.25) is 0 Å². The van der Waals surface area contributed by atoms with Gasteiger partial charge in [0, 0.05) is 18.6 Å². The smallest absolute Gasteiger partial charge is 0.127 e. The topological polar surface area (TPSA) is 18.5 Å². The summed E-state index contributed by atoms with van der Waals surface area (Å²) >= 11 is 5.61. The third kappa shape index (κ3) is 4.49. The lowest BCUT2D eigenvalue weighted by Gasteiger charge is -2.07. The van der Waals surface area contributed by atoms with E-state index < -0.39 is 0 Å². The van der Waals surface area contributed by atoms with Crippen molar-refractivity contribution >= 4 is 11.6 Å². The second-order valence-corrected chi connectivity index (χ2v) is 3.24. The van der Waals surface area contributed by atoms with Crippen LogP contribution in [0.1, 0.15) is 12.5 Å². The number of ether oxygens (including phenoxy) is 2. The largest absolute Gasteiger partial charge is 0.491 e. The normalized spacial score (nSPS) is 10.3. The Bertz CT molecular complexity index is 305. The SMILES string of the molecule is CCOCCOc1cc(F)cc(CCl)c1. The molecule has 4 heteroatoms. The van der Waals surface area contributed by atoms with Crippen LogP contribution < -0.4 is 4.74 Å². The van der Waals surface area contributed by atoms with Crippen LogP contribution in [0.5, 0.6) is 5.75 Å². The Morgan fingerprint density at radius 2 is 2.07 bits per heavy atom. The fourth-order valence-electron chi connectivity index (χ4n) is 1.14. The van der Waals surface area contributed by atoms with Crippen LogP contribution in [0.3, 0.4) is 0 Å². The van der Waals surface area contributed by atoms with Gasteiger partial charge in [-0.15, -0.1) is 11.6 Å². The molecule has 0 saturated heterocycles. The van der Waals surface area contributed by atoms with Crippen LogP contribution in [-0.2, 0) is 10.6 Å². The molecule has 0 fully saturated rings. The van der Waals surface area contributed by atoms with E-state index in [0.29, 0.717) is 31.1 Å². The molecule has 0 N–H and O–H groups in total. The van der Waals surface area contributed by atoms with Crippen LogP contribution >= 0.6 is 11.6 Å². The number of hydrogen-bond acceptors (Lipinski definition) is 2. The van der Waals surface area contributed by atoms with Gasteiger partial charge in [0.1, 0.15) is 18.2 Å². The predicted octanol–water partition coefficient (Wildman–Crippen LogP) is 2.98. The number of rotatable bonds is 6. The molecule has 1 aromatic carbocycles. The molecule has 0 heterocycles. The van der Waals surface area contributed by atoms with E-state index >= 15 is 0 Å². The first-order valence-electron chi connectivity index (χ1n) is 4.82. The van der Waals surface area contributed by atoms with Crippen molar-refractivity contribution in [1.82, 2.24) is 0 Å². The van der Waals surface area contributed by atoms with Gasteiger partial charge in [-0.1, -0.05) is 0 Å². The minimum absolute atomic E-state index is 0.277. The number of benzene rings is 1. The second-order valence-electron chi connectivity index (χ2n) is 2.97. The van der Waals surface area contributed by atoms with Crippen LogP contribution in [0.4, 0.5) is 4.39 Å². The molecule has 0 spiro atoms. The highest BCUT2D eigenvalue weighted by Crippen LogP contribution is 2.17. The Morgan fingerprint density at radius 3 is 2.73 bits per heavy atom. The lowest BCUT2D eigenvalue weighted by Crippen LogP contribution is -2.06. The summed E-state index contributed by atoms with van der Waals surface area (Å²) in [4.78, 5) is 0. The second kappa shape index (κ2) is 6.64. The molecular formula is C11H14ClFO2. The van der Waals surface area contributed by atoms with Crippen molar-refractivity contribution in [3.8, 4) is 5.75 Å². The molecule has 0 aliphatic rings. The molecule has 1 rings (SSSR count). The van der Waals surface area contributed by atoms with Crippen molar-refractivity contribution in [1.29, 1.82) is 0 Å². The zero-order chi connectivity index (χ0) is 11.1. The highest BCUT2D eigenvalue weighted by molar-refractivity contribution is 6.17. The minimum atomic E-state index is -0.334. The predicted molar refractivity (Wildman–Crippen MR) is 57.9 cm³/mol. The fourth-order valence-corrected chi connectivity index (χ4v) is 1.30. The third-order valence-electron chi connectivity index (χ3n) is 1.79. The molecule has 0 aliphatic heterocycles. The van der Waals surface area contributed by atoms with Gasteiger partial charge in [0.05, 0.1) is 6.61 Å².